The van der Waals surface area contributed by atoms with Crippen LogP contribution in [-0.4, -0.2) is 10.1 Å². The Labute approximate surface area is 124 Å². The third-order valence-corrected chi connectivity index (χ3v) is 3.16. The van der Waals surface area contributed by atoms with Crippen LogP contribution in [0.1, 0.15) is 37.6 Å². The SMILES string of the molecule is Cc1cc(Oc2cc(CO)cc(C(C)(C)C)n2)ccc1F. The lowest BCUT2D eigenvalue weighted by molar-refractivity contribution is 0.280. The summed E-state index contributed by atoms with van der Waals surface area (Å²) in [6.45, 7) is 7.73. The second-order valence-electron chi connectivity index (χ2n) is 6.12. The Kier molecular flexibility index (Phi) is 4.28. The van der Waals surface area contributed by atoms with Crippen molar-refractivity contribution in [1.29, 1.82) is 0 Å². The highest BCUT2D eigenvalue weighted by Gasteiger charge is 2.17. The van der Waals surface area contributed by atoms with Crippen molar-refractivity contribution in [3.8, 4) is 11.6 Å². The number of hydrogen-bond donors (Lipinski definition) is 1. The molecule has 0 saturated carbocycles. The molecule has 21 heavy (non-hydrogen) atoms. The molecule has 1 aromatic carbocycles. The first-order chi connectivity index (χ1) is 9.79. The number of pyridine rings is 1. The molecule has 0 aliphatic rings. The molecule has 2 aromatic rings. The molecule has 3 nitrogen and oxygen atoms in total. The number of benzene rings is 1. The molecule has 0 aliphatic carbocycles. The van der Waals surface area contributed by atoms with Crippen molar-refractivity contribution in [3.05, 3.63) is 53.0 Å². The lowest BCUT2D eigenvalue weighted by Crippen LogP contribution is -2.14. The highest BCUT2D eigenvalue weighted by Crippen LogP contribution is 2.27. The molecule has 1 N–H and O–H groups in total. The van der Waals surface area contributed by atoms with Gasteiger partial charge in [0.05, 0.1) is 12.3 Å². The minimum absolute atomic E-state index is 0.0790. The summed E-state index contributed by atoms with van der Waals surface area (Å²) in [6.07, 6.45) is 0. The van der Waals surface area contributed by atoms with Gasteiger partial charge in [-0.2, -0.15) is 0 Å². The Morgan fingerprint density at radius 1 is 1.19 bits per heavy atom. The zero-order valence-electron chi connectivity index (χ0n) is 12.8. The van der Waals surface area contributed by atoms with Gasteiger partial charge in [-0.25, -0.2) is 9.37 Å². The van der Waals surface area contributed by atoms with Crippen LogP contribution in [0.4, 0.5) is 4.39 Å². The number of hydrogen-bond acceptors (Lipinski definition) is 3. The number of halogens is 1. The van der Waals surface area contributed by atoms with Crippen LogP contribution in [0.5, 0.6) is 11.6 Å². The van der Waals surface area contributed by atoms with E-state index in [0.29, 0.717) is 17.2 Å². The van der Waals surface area contributed by atoms with Gasteiger partial charge in [0.25, 0.3) is 0 Å². The van der Waals surface area contributed by atoms with Crippen LogP contribution in [0.2, 0.25) is 0 Å². The van der Waals surface area contributed by atoms with Crippen LogP contribution in [-0.2, 0) is 12.0 Å². The van der Waals surface area contributed by atoms with Crippen LogP contribution >= 0.6 is 0 Å². The van der Waals surface area contributed by atoms with Gasteiger partial charge in [0.15, 0.2) is 0 Å². The summed E-state index contributed by atoms with van der Waals surface area (Å²) in [7, 11) is 0. The second-order valence-corrected chi connectivity index (χ2v) is 6.12. The van der Waals surface area contributed by atoms with Gasteiger partial charge >= 0.3 is 0 Å². The predicted octanol–water partition coefficient (Wildman–Crippen LogP) is 4.11. The first kappa shape index (κ1) is 15.4. The Hall–Kier alpha value is -1.94. The van der Waals surface area contributed by atoms with Gasteiger partial charge in [-0.1, -0.05) is 20.8 Å². The summed E-state index contributed by atoms with van der Waals surface area (Å²) >= 11 is 0. The van der Waals surface area contributed by atoms with Crippen molar-refractivity contribution in [2.75, 3.05) is 0 Å². The van der Waals surface area contributed by atoms with Gasteiger partial charge in [0.1, 0.15) is 11.6 Å². The second kappa shape index (κ2) is 5.82. The molecule has 0 radical (unpaired) electrons. The zero-order chi connectivity index (χ0) is 15.6. The van der Waals surface area contributed by atoms with Gasteiger partial charge in [-0.15, -0.1) is 0 Å². The van der Waals surface area contributed by atoms with Crippen LogP contribution < -0.4 is 4.74 Å². The standard InChI is InChI=1S/C17H20FNO2/c1-11-7-13(5-6-14(11)18)21-16-9-12(10-20)8-15(19-16)17(2,3)4/h5-9,20H,10H2,1-4H3. The van der Waals surface area contributed by atoms with Gasteiger partial charge in [-0.05, 0) is 42.3 Å². The fraction of sp³-hybridized carbons (Fsp3) is 0.353. The minimum Gasteiger partial charge on any atom is -0.439 e. The van der Waals surface area contributed by atoms with Crippen molar-refractivity contribution in [3.63, 3.8) is 0 Å². The zero-order valence-corrected chi connectivity index (χ0v) is 12.8. The number of nitrogens with zero attached hydrogens (tertiary/aromatic N) is 1. The number of aromatic nitrogens is 1. The van der Waals surface area contributed by atoms with E-state index < -0.39 is 0 Å². The Morgan fingerprint density at radius 3 is 2.48 bits per heavy atom. The number of aliphatic hydroxyl groups excluding tert-OH is 1. The number of ether oxygens (including phenoxy) is 1. The molecule has 1 heterocycles. The Morgan fingerprint density at radius 2 is 1.90 bits per heavy atom. The van der Waals surface area contributed by atoms with Gasteiger partial charge in [0, 0.05) is 11.5 Å². The van der Waals surface area contributed by atoms with E-state index in [1.165, 1.54) is 6.07 Å². The first-order valence-corrected chi connectivity index (χ1v) is 6.86. The average molecular weight is 289 g/mol. The molecular formula is C17H20FNO2. The van der Waals surface area contributed by atoms with Gasteiger partial charge < -0.3 is 9.84 Å². The molecule has 1 aromatic heterocycles. The molecule has 2 rings (SSSR count). The molecule has 0 fully saturated rings. The number of rotatable bonds is 3. The quantitative estimate of drug-likeness (QED) is 0.924. The van der Waals surface area contributed by atoms with Crippen LogP contribution in [0, 0.1) is 12.7 Å². The van der Waals surface area contributed by atoms with E-state index in [2.05, 4.69) is 4.98 Å². The molecule has 112 valence electrons. The third kappa shape index (κ3) is 3.79. The fourth-order valence-electron chi connectivity index (χ4n) is 1.89. The Balaban J connectivity index is 2.36. The van der Waals surface area contributed by atoms with Crippen LogP contribution in [0.3, 0.4) is 0 Å². The predicted molar refractivity (Wildman–Crippen MR) is 80.1 cm³/mol. The van der Waals surface area contributed by atoms with Crippen molar-refractivity contribution in [2.24, 2.45) is 0 Å². The van der Waals surface area contributed by atoms with E-state index in [1.54, 1.807) is 25.1 Å². The van der Waals surface area contributed by atoms with E-state index in [-0.39, 0.29) is 17.8 Å². The highest BCUT2D eigenvalue weighted by atomic mass is 19.1. The normalized spacial score (nSPS) is 11.5. The summed E-state index contributed by atoms with van der Waals surface area (Å²) in [6, 6.07) is 8.10. The smallest absolute Gasteiger partial charge is 0.219 e. The largest absolute Gasteiger partial charge is 0.439 e. The first-order valence-electron chi connectivity index (χ1n) is 6.86. The maximum Gasteiger partial charge on any atom is 0.219 e. The molecule has 0 amide bonds. The van der Waals surface area contributed by atoms with Crippen molar-refractivity contribution in [2.45, 2.75) is 39.7 Å². The van der Waals surface area contributed by atoms with Gasteiger partial charge in [0.2, 0.25) is 5.88 Å². The summed E-state index contributed by atoms with van der Waals surface area (Å²) in [5, 5.41) is 9.37. The van der Waals surface area contributed by atoms with Crippen molar-refractivity contribution >= 4 is 0 Å². The topological polar surface area (TPSA) is 42.4 Å². The summed E-state index contributed by atoms with van der Waals surface area (Å²) in [4.78, 5) is 4.47. The summed E-state index contributed by atoms with van der Waals surface area (Å²) < 4.78 is 19.0. The van der Waals surface area contributed by atoms with Crippen molar-refractivity contribution in [1.82, 2.24) is 4.98 Å². The molecule has 0 spiro atoms. The summed E-state index contributed by atoms with van der Waals surface area (Å²) in [5.41, 5.74) is 1.94. The molecule has 0 bridgehead atoms. The molecule has 4 heteroatoms. The number of aryl methyl sites for hydroxylation is 1. The van der Waals surface area contributed by atoms with E-state index >= 15 is 0 Å². The number of aliphatic hydroxyl groups is 1. The Bertz CT molecular complexity index is 648. The van der Waals surface area contributed by atoms with Crippen molar-refractivity contribution < 1.29 is 14.2 Å². The average Bonchev–Trinajstić information content (AvgIpc) is 2.41. The van der Waals surface area contributed by atoms with Gasteiger partial charge in [-0.3, -0.25) is 0 Å². The van der Waals surface area contributed by atoms with E-state index in [4.69, 9.17) is 4.74 Å². The summed E-state index contributed by atoms with van der Waals surface area (Å²) in [5.74, 6) is 0.656. The molecule has 0 saturated heterocycles. The monoisotopic (exact) mass is 289 g/mol. The third-order valence-electron chi connectivity index (χ3n) is 3.16. The van der Waals surface area contributed by atoms with Crippen LogP contribution in [0.25, 0.3) is 0 Å². The van der Waals surface area contributed by atoms with E-state index in [1.807, 2.05) is 26.8 Å². The lowest BCUT2D eigenvalue weighted by Gasteiger charge is -2.19. The molecule has 0 unspecified atom stereocenters. The molecule has 0 aliphatic heterocycles. The molecule has 0 atom stereocenters. The maximum atomic E-state index is 13.3. The highest BCUT2D eigenvalue weighted by molar-refractivity contribution is 5.34. The van der Waals surface area contributed by atoms with E-state index in [9.17, 15) is 9.50 Å². The lowest BCUT2D eigenvalue weighted by atomic mass is 9.91. The maximum absolute atomic E-state index is 13.3. The van der Waals surface area contributed by atoms with Crippen LogP contribution in [0.15, 0.2) is 30.3 Å². The fourth-order valence-corrected chi connectivity index (χ4v) is 1.89. The molecular weight excluding hydrogens is 269 g/mol. The minimum atomic E-state index is -0.269. The van der Waals surface area contributed by atoms with E-state index in [0.717, 1.165) is 11.3 Å².